The van der Waals surface area contributed by atoms with Crippen LogP contribution >= 0.6 is 12.2 Å². The summed E-state index contributed by atoms with van der Waals surface area (Å²) in [6.45, 7) is 0.349. The monoisotopic (exact) mass is 470 g/mol. The SMILES string of the molecule is Cn1ccc2ccc(N3CCCC(=O)N(c4ccc(C#N)c(C(F)(F)F)c4)C3=S)cc2c1=O. The zero-order valence-electron chi connectivity index (χ0n) is 17.4. The number of nitrogens with zero attached hydrogens (tertiary/aromatic N) is 4. The lowest BCUT2D eigenvalue weighted by Crippen LogP contribution is -2.44. The fraction of sp³-hybridized carbons (Fsp3) is 0.217. The number of hydrogen-bond acceptors (Lipinski definition) is 4. The summed E-state index contributed by atoms with van der Waals surface area (Å²) in [7, 11) is 1.63. The second-order valence-electron chi connectivity index (χ2n) is 7.61. The average Bonchev–Trinajstić information content (AvgIpc) is 2.93. The van der Waals surface area contributed by atoms with E-state index in [1.165, 1.54) is 16.7 Å². The van der Waals surface area contributed by atoms with Crippen LogP contribution in [0.4, 0.5) is 24.5 Å². The summed E-state index contributed by atoms with van der Waals surface area (Å²) in [5, 5.41) is 10.3. The van der Waals surface area contributed by atoms with Crippen molar-refractivity contribution in [1.29, 1.82) is 5.26 Å². The highest BCUT2D eigenvalue weighted by atomic mass is 32.1. The van der Waals surface area contributed by atoms with Crippen LogP contribution in [0.5, 0.6) is 0 Å². The van der Waals surface area contributed by atoms with Gasteiger partial charge in [0, 0.05) is 37.3 Å². The average molecular weight is 470 g/mol. The van der Waals surface area contributed by atoms with Crippen molar-refractivity contribution in [3.8, 4) is 6.07 Å². The highest BCUT2D eigenvalue weighted by Crippen LogP contribution is 2.35. The summed E-state index contributed by atoms with van der Waals surface area (Å²) >= 11 is 5.56. The van der Waals surface area contributed by atoms with Gasteiger partial charge in [0.1, 0.15) is 0 Å². The first-order valence-electron chi connectivity index (χ1n) is 9.97. The van der Waals surface area contributed by atoms with E-state index in [1.54, 1.807) is 42.4 Å². The van der Waals surface area contributed by atoms with Gasteiger partial charge in [-0.1, -0.05) is 6.07 Å². The number of nitriles is 1. The molecule has 0 bridgehead atoms. The van der Waals surface area contributed by atoms with E-state index in [9.17, 15) is 22.8 Å². The molecule has 1 fully saturated rings. The van der Waals surface area contributed by atoms with Crippen LogP contribution in [-0.2, 0) is 18.0 Å². The van der Waals surface area contributed by atoms with Crippen LogP contribution in [0.3, 0.4) is 0 Å². The Bertz CT molecular complexity index is 1390. The summed E-state index contributed by atoms with van der Waals surface area (Å²) in [6.07, 6.45) is -2.61. The second kappa shape index (κ2) is 8.33. The number of fused-ring (bicyclic) bond motifs is 1. The molecule has 0 unspecified atom stereocenters. The van der Waals surface area contributed by atoms with E-state index in [0.29, 0.717) is 24.0 Å². The number of alkyl halides is 3. The Morgan fingerprint density at radius 2 is 1.79 bits per heavy atom. The Morgan fingerprint density at radius 1 is 1.06 bits per heavy atom. The van der Waals surface area contributed by atoms with Gasteiger partial charge in [0.15, 0.2) is 5.11 Å². The molecule has 168 valence electrons. The van der Waals surface area contributed by atoms with Crippen molar-refractivity contribution in [2.75, 3.05) is 16.3 Å². The third-order valence-corrected chi connectivity index (χ3v) is 5.91. The lowest BCUT2D eigenvalue weighted by molar-refractivity contribution is -0.137. The van der Waals surface area contributed by atoms with Crippen molar-refractivity contribution in [2.24, 2.45) is 7.05 Å². The third-order valence-electron chi connectivity index (χ3n) is 5.51. The van der Waals surface area contributed by atoms with Crippen LogP contribution in [0.1, 0.15) is 24.0 Å². The molecule has 2 heterocycles. The molecule has 6 nitrogen and oxygen atoms in total. The topological polar surface area (TPSA) is 69.3 Å². The fourth-order valence-electron chi connectivity index (χ4n) is 3.81. The van der Waals surface area contributed by atoms with E-state index in [4.69, 9.17) is 17.5 Å². The minimum absolute atomic E-state index is 0.00226. The highest BCUT2D eigenvalue weighted by molar-refractivity contribution is 7.81. The number of pyridine rings is 1. The summed E-state index contributed by atoms with van der Waals surface area (Å²) in [5.41, 5.74) is -1.39. The summed E-state index contributed by atoms with van der Waals surface area (Å²) < 4.78 is 41.9. The van der Waals surface area contributed by atoms with Gasteiger partial charge < -0.3 is 9.47 Å². The van der Waals surface area contributed by atoms with Crippen LogP contribution in [0.15, 0.2) is 53.5 Å². The van der Waals surface area contributed by atoms with Crippen molar-refractivity contribution in [3.63, 3.8) is 0 Å². The van der Waals surface area contributed by atoms with Crippen molar-refractivity contribution in [2.45, 2.75) is 19.0 Å². The van der Waals surface area contributed by atoms with E-state index in [-0.39, 0.29) is 22.8 Å². The first-order valence-corrected chi connectivity index (χ1v) is 10.4. The van der Waals surface area contributed by atoms with E-state index in [1.807, 2.05) is 0 Å². The second-order valence-corrected chi connectivity index (χ2v) is 7.97. The van der Waals surface area contributed by atoms with Crippen LogP contribution < -0.4 is 15.4 Å². The van der Waals surface area contributed by atoms with Crippen molar-refractivity contribution >= 4 is 45.4 Å². The van der Waals surface area contributed by atoms with Gasteiger partial charge in [-0.05, 0) is 60.4 Å². The van der Waals surface area contributed by atoms with Crippen LogP contribution in [-0.4, -0.2) is 22.1 Å². The Morgan fingerprint density at radius 3 is 2.48 bits per heavy atom. The maximum Gasteiger partial charge on any atom is 0.417 e. The molecular formula is C23H17F3N4O2S. The molecule has 1 amide bonds. The van der Waals surface area contributed by atoms with Gasteiger partial charge in [0.25, 0.3) is 5.56 Å². The largest absolute Gasteiger partial charge is 0.417 e. The fourth-order valence-corrected chi connectivity index (χ4v) is 4.22. The van der Waals surface area contributed by atoms with Gasteiger partial charge in [-0.25, -0.2) is 0 Å². The molecule has 1 aliphatic heterocycles. The Balaban J connectivity index is 1.81. The van der Waals surface area contributed by atoms with Gasteiger partial charge in [-0.2, -0.15) is 18.4 Å². The lowest BCUT2D eigenvalue weighted by atomic mass is 10.1. The van der Waals surface area contributed by atoms with Gasteiger partial charge in [-0.15, -0.1) is 0 Å². The molecule has 0 spiro atoms. The molecule has 1 aromatic heterocycles. The molecule has 10 heteroatoms. The lowest BCUT2D eigenvalue weighted by Gasteiger charge is -2.30. The summed E-state index contributed by atoms with van der Waals surface area (Å²) in [6, 6.07) is 11.6. The number of aromatic nitrogens is 1. The predicted molar refractivity (Wildman–Crippen MR) is 122 cm³/mol. The maximum atomic E-state index is 13.5. The maximum absolute atomic E-state index is 13.5. The Labute approximate surface area is 192 Å². The molecule has 0 atom stereocenters. The number of anilines is 2. The Kier molecular flexibility index (Phi) is 5.68. The molecule has 3 aromatic rings. The van der Waals surface area contributed by atoms with Crippen LogP contribution in [0.2, 0.25) is 0 Å². The van der Waals surface area contributed by atoms with E-state index < -0.39 is 23.2 Å². The number of halogens is 3. The number of carbonyl (C=O) groups excluding carboxylic acids is 1. The molecule has 2 aromatic carbocycles. The van der Waals surface area contributed by atoms with Gasteiger partial charge in [-0.3, -0.25) is 14.5 Å². The normalized spacial score (nSPS) is 15.0. The number of rotatable bonds is 2. The number of carbonyl (C=O) groups is 1. The van der Waals surface area contributed by atoms with E-state index in [2.05, 4.69) is 0 Å². The van der Waals surface area contributed by atoms with Gasteiger partial charge in [0.05, 0.1) is 22.9 Å². The smallest absolute Gasteiger partial charge is 0.318 e. The quantitative estimate of drug-likeness (QED) is 0.521. The summed E-state index contributed by atoms with van der Waals surface area (Å²) in [4.78, 5) is 28.1. The number of thiocarbonyl (C=S) groups is 1. The van der Waals surface area contributed by atoms with Crippen molar-refractivity contribution in [1.82, 2.24) is 4.57 Å². The molecule has 0 saturated carbocycles. The zero-order chi connectivity index (χ0) is 23.9. The van der Waals surface area contributed by atoms with Crippen molar-refractivity contribution < 1.29 is 18.0 Å². The Hall–Kier alpha value is -3.71. The van der Waals surface area contributed by atoms with Gasteiger partial charge in [0.2, 0.25) is 5.91 Å². The van der Waals surface area contributed by atoms with Gasteiger partial charge >= 0.3 is 6.18 Å². The number of hydrogen-bond donors (Lipinski definition) is 0. The molecular weight excluding hydrogens is 453 g/mol. The minimum Gasteiger partial charge on any atom is -0.318 e. The van der Waals surface area contributed by atoms with Crippen LogP contribution in [0.25, 0.3) is 10.8 Å². The minimum atomic E-state index is -4.77. The van der Waals surface area contributed by atoms with Crippen molar-refractivity contribution in [3.05, 3.63) is 70.1 Å². The molecule has 33 heavy (non-hydrogen) atoms. The van der Waals surface area contributed by atoms with E-state index >= 15 is 0 Å². The van der Waals surface area contributed by atoms with Crippen LogP contribution in [0, 0.1) is 11.3 Å². The molecule has 0 radical (unpaired) electrons. The summed E-state index contributed by atoms with van der Waals surface area (Å²) in [5.74, 6) is -0.447. The third kappa shape index (κ3) is 4.07. The first kappa shape index (κ1) is 22.5. The standard InChI is InChI=1S/C23H17F3N4O2S/c1-28-10-8-14-4-6-16(11-18(14)21(28)32)29-9-2-3-20(31)30(22(29)33)17-7-5-15(13-27)19(12-17)23(24,25)26/h4-8,10-12H,2-3,9H2,1H3. The molecule has 0 aliphatic carbocycles. The molecule has 4 rings (SSSR count). The predicted octanol–water partition coefficient (Wildman–Crippen LogP) is 4.35. The highest BCUT2D eigenvalue weighted by Gasteiger charge is 2.36. The molecule has 0 N–H and O–H groups in total. The van der Waals surface area contributed by atoms with E-state index in [0.717, 1.165) is 22.4 Å². The molecule has 1 saturated heterocycles. The number of benzene rings is 2. The zero-order valence-corrected chi connectivity index (χ0v) is 18.2. The number of aryl methyl sites for hydroxylation is 1. The molecule has 1 aliphatic rings. The first-order chi connectivity index (χ1) is 15.6. The number of amides is 1.